The Labute approximate surface area is 190 Å². The van der Waals surface area contributed by atoms with Gasteiger partial charge in [-0.15, -0.1) is 0 Å². The Bertz CT molecular complexity index is 851. The van der Waals surface area contributed by atoms with Gasteiger partial charge < -0.3 is 20.1 Å². The molecule has 2 atom stereocenters. The number of nitrogens with zero attached hydrogens (tertiary/aromatic N) is 1. The number of hydrogen-bond donors (Lipinski definition) is 2. The van der Waals surface area contributed by atoms with Crippen molar-refractivity contribution in [2.45, 2.75) is 31.8 Å². The van der Waals surface area contributed by atoms with Gasteiger partial charge in [-0.1, -0.05) is 42.5 Å². The van der Waals surface area contributed by atoms with E-state index in [9.17, 15) is 9.59 Å². The first-order valence-electron chi connectivity index (χ1n) is 11.1. The highest BCUT2D eigenvalue weighted by molar-refractivity contribution is 5.83. The third-order valence-electron chi connectivity index (χ3n) is 5.74. The van der Waals surface area contributed by atoms with E-state index in [-0.39, 0.29) is 36.7 Å². The summed E-state index contributed by atoms with van der Waals surface area (Å²) in [4.78, 5) is 27.1. The van der Waals surface area contributed by atoms with Gasteiger partial charge in [-0.3, -0.25) is 14.5 Å². The Balaban J connectivity index is 1.50. The van der Waals surface area contributed by atoms with Crippen LogP contribution in [0.4, 0.5) is 0 Å². The van der Waals surface area contributed by atoms with Crippen LogP contribution in [0, 0.1) is 0 Å². The molecule has 1 heterocycles. The van der Waals surface area contributed by atoms with E-state index in [0.29, 0.717) is 19.8 Å². The summed E-state index contributed by atoms with van der Waals surface area (Å²) in [5.41, 5.74) is 2.15. The Morgan fingerprint density at radius 3 is 2.28 bits per heavy atom. The summed E-state index contributed by atoms with van der Waals surface area (Å²) >= 11 is 0. The summed E-state index contributed by atoms with van der Waals surface area (Å²) in [5, 5.41) is 5.97. The van der Waals surface area contributed by atoms with Gasteiger partial charge in [-0.05, 0) is 30.2 Å². The molecule has 0 bridgehead atoms. The minimum Gasteiger partial charge on any atom is -0.497 e. The molecule has 32 heavy (non-hydrogen) atoms. The van der Waals surface area contributed by atoms with Crippen LogP contribution in [0.1, 0.15) is 43.0 Å². The van der Waals surface area contributed by atoms with E-state index in [1.165, 1.54) is 0 Å². The van der Waals surface area contributed by atoms with Crippen molar-refractivity contribution in [3.8, 4) is 5.75 Å². The zero-order chi connectivity index (χ0) is 22.8. The maximum absolute atomic E-state index is 12.5. The molecule has 0 spiro atoms. The quantitative estimate of drug-likeness (QED) is 0.595. The van der Waals surface area contributed by atoms with E-state index in [1.807, 2.05) is 61.5 Å². The van der Waals surface area contributed by atoms with Crippen LogP contribution in [0.15, 0.2) is 54.6 Å². The van der Waals surface area contributed by atoms with Crippen molar-refractivity contribution in [3.05, 3.63) is 65.7 Å². The lowest BCUT2D eigenvalue weighted by Gasteiger charge is -2.35. The Kier molecular flexibility index (Phi) is 9.07. The van der Waals surface area contributed by atoms with Gasteiger partial charge in [0.2, 0.25) is 11.8 Å². The summed E-state index contributed by atoms with van der Waals surface area (Å²) in [6.45, 7) is 5.40. The van der Waals surface area contributed by atoms with Crippen molar-refractivity contribution in [2.75, 3.05) is 40.0 Å². The van der Waals surface area contributed by atoms with Crippen LogP contribution in [0.25, 0.3) is 0 Å². The van der Waals surface area contributed by atoms with Gasteiger partial charge in [0.1, 0.15) is 5.75 Å². The lowest BCUT2D eigenvalue weighted by Crippen LogP contribution is -2.44. The second-order valence-electron chi connectivity index (χ2n) is 7.94. The molecule has 2 aromatic carbocycles. The molecular weight excluding hydrogens is 406 g/mol. The average Bonchev–Trinajstić information content (AvgIpc) is 2.84. The van der Waals surface area contributed by atoms with Crippen LogP contribution in [-0.2, 0) is 14.3 Å². The van der Waals surface area contributed by atoms with Crippen molar-refractivity contribution in [1.82, 2.24) is 15.5 Å². The SMILES string of the molecule is COc1ccc(C(CNC(=O)CCC(=O)NC(C)c2ccccc2)N2CCOCC2)cc1. The standard InChI is InChI=1S/C25H33N3O4/c1-19(20-6-4-3-5-7-20)27-25(30)13-12-24(29)26-18-23(28-14-16-32-17-15-28)21-8-10-22(31-2)11-9-21/h3-11,19,23H,12-18H2,1-2H3,(H,26,29)(H,27,30). The number of carbonyl (C=O) groups excluding carboxylic acids is 2. The fraction of sp³-hybridized carbons (Fsp3) is 0.440. The van der Waals surface area contributed by atoms with Crippen molar-refractivity contribution >= 4 is 11.8 Å². The molecule has 2 amide bonds. The summed E-state index contributed by atoms with van der Waals surface area (Å²) in [5.74, 6) is 0.546. The van der Waals surface area contributed by atoms with E-state index < -0.39 is 0 Å². The fourth-order valence-electron chi connectivity index (χ4n) is 3.84. The third kappa shape index (κ3) is 7.07. The number of benzene rings is 2. The summed E-state index contributed by atoms with van der Waals surface area (Å²) < 4.78 is 10.7. The number of carbonyl (C=O) groups is 2. The van der Waals surface area contributed by atoms with E-state index in [4.69, 9.17) is 9.47 Å². The molecule has 7 heteroatoms. The van der Waals surface area contributed by atoms with Gasteiger partial charge in [0, 0.05) is 32.5 Å². The van der Waals surface area contributed by atoms with E-state index >= 15 is 0 Å². The minimum absolute atomic E-state index is 0.0423. The maximum atomic E-state index is 12.5. The Morgan fingerprint density at radius 1 is 0.969 bits per heavy atom. The normalized spacial score (nSPS) is 16.1. The van der Waals surface area contributed by atoms with E-state index in [1.54, 1.807) is 7.11 Å². The maximum Gasteiger partial charge on any atom is 0.220 e. The van der Waals surface area contributed by atoms with Crippen molar-refractivity contribution in [3.63, 3.8) is 0 Å². The molecule has 1 aliphatic rings. The number of nitrogens with one attached hydrogen (secondary N) is 2. The summed E-state index contributed by atoms with van der Waals surface area (Å²) in [6, 6.07) is 17.7. The molecule has 2 unspecified atom stereocenters. The van der Waals surface area contributed by atoms with E-state index in [2.05, 4.69) is 15.5 Å². The number of ether oxygens (including phenoxy) is 2. The number of amides is 2. The van der Waals surface area contributed by atoms with Crippen LogP contribution in [0.2, 0.25) is 0 Å². The largest absolute Gasteiger partial charge is 0.497 e. The van der Waals surface area contributed by atoms with Crippen LogP contribution in [0.3, 0.4) is 0 Å². The van der Waals surface area contributed by atoms with Gasteiger partial charge in [-0.2, -0.15) is 0 Å². The van der Waals surface area contributed by atoms with Crippen molar-refractivity contribution in [1.29, 1.82) is 0 Å². The zero-order valence-corrected chi connectivity index (χ0v) is 18.9. The summed E-state index contributed by atoms with van der Waals surface area (Å²) in [6.07, 6.45) is 0.319. The molecule has 0 aromatic heterocycles. The molecule has 1 aliphatic heterocycles. The summed E-state index contributed by atoms with van der Waals surface area (Å²) in [7, 11) is 1.64. The van der Waals surface area contributed by atoms with Crippen LogP contribution in [0.5, 0.6) is 5.75 Å². The molecule has 7 nitrogen and oxygen atoms in total. The number of morpholine rings is 1. The molecule has 0 aliphatic carbocycles. The second kappa shape index (κ2) is 12.2. The van der Waals surface area contributed by atoms with Gasteiger partial charge in [0.25, 0.3) is 0 Å². The molecule has 3 rings (SSSR count). The number of rotatable bonds is 10. The van der Waals surface area contributed by atoms with Crippen LogP contribution in [-0.4, -0.2) is 56.7 Å². The lowest BCUT2D eigenvalue weighted by molar-refractivity contribution is -0.127. The molecular formula is C25H33N3O4. The van der Waals surface area contributed by atoms with E-state index in [0.717, 1.165) is 30.0 Å². The molecule has 1 fully saturated rings. The first-order valence-corrected chi connectivity index (χ1v) is 11.1. The minimum atomic E-state index is -0.128. The topological polar surface area (TPSA) is 79.9 Å². The number of hydrogen-bond acceptors (Lipinski definition) is 5. The fourth-order valence-corrected chi connectivity index (χ4v) is 3.84. The predicted octanol–water partition coefficient (Wildman–Crippen LogP) is 2.84. The third-order valence-corrected chi connectivity index (χ3v) is 5.74. The van der Waals surface area contributed by atoms with Gasteiger partial charge in [0.15, 0.2) is 0 Å². The molecule has 0 radical (unpaired) electrons. The van der Waals surface area contributed by atoms with Gasteiger partial charge in [0.05, 0.1) is 32.4 Å². The predicted molar refractivity (Wildman–Crippen MR) is 123 cm³/mol. The van der Waals surface area contributed by atoms with Crippen LogP contribution >= 0.6 is 0 Å². The second-order valence-corrected chi connectivity index (χ2v) is 7.94. The van der Waals surface area contributed by atoms with Crippen LogP contribution < -0.4 is 15.4 Å². The molecule has 0 saturated carbocycles. The highest BCUT2D eigenvalue weighted by atomic mass is 16.5. The average molecular weight is 440 g/mol. The highest BCUT2D eigenvalue weighted by Crippen LogP contribution is 2.23. The van der Waals surface area contributed by atoms with Crippen molar-refractivity contribution < 1.29 is 19.1 Å². The zero-order valence-electron chi connectivity index (χ0n) is 18.9. The molecule has 2 N–H and O–H groups in total. The first-order chi connectivity index (χ1) is 15.6. The number of methoxy groups -OCH3 is 1. The van der Waals surface area contributed by atoms with Gasteiger partial charge >= 0.3 is 0 Å². The Morgan fingerprint density at radius 2 is 1.62 bits per heavy atom. The van der Waals surface area contributed by atoms with Crippen molar-refractivity contribution in [2.24, 2.45) is 0 Å². The lowest BCUT2D eigenvalue weighted by atomic mass is 10.0. The highest BCUT2D eigenvalue weighted by Gasteiger charge is 2.23. The van der Waals surface area contributed by atoms with Gasteiger partial charge in [-0.25, -0.2) is 0 Å². The first kappa shape index (κ1) is 23.8. The molecule has 172 valence electrons. The molecule has 2 aromatic rings. The molecule has 1 saturated heterocycles. The smallest absolute Gasteiger partial charge is 0.220 e. The Hall–Kier alpha value is -2.90. The monoisotopic (exact) mass is 439 g/mol.